The van der Waals surface area contributed by atoms with Crippen molar-refractivity contribution in [3.8, 4) is 0 Å². The molecule has 4 aliphatic rings. The number of fused-ring (bicyclic) bond motifs is 1. The molecule has 2 aliphatic heterocycles. The van der Waals surface area contributed by atoms with Gasteiger partial charge in [-0.25, -0.2) is 13.8 Å². The minimum absolute atomic E-state index is 0.120. The summed E-state index contributed by atoms with van der Waals surface area (Å²) in [7, 11) is 0. The topological polar surface area (TPSA) is 74.7 Å². The van der Waals surface area contributed by atoms with E-state index in [1.165, 1.54) is 0 Å². The van der Waals surface area contributed by atoms with Gasteiger partial charge in [-0.15, -0.1) is 0 Å². The lowest BCUT2D eigenvalue weighted by atomic mass is 9.82. The quantitative estimate of drug-likeness (QED) is 0.552. The minimum Gasteiger partial charge on any atom is -0.389 e. The number of benzene rings is 1. The summed E-state index contributed by atoms with van der Waals surface area (Å²) in [5, 5.41) is 15.9. The Morgan fingerprint density at radius 1 is 1.16 bits per heavy atom. The Morgan fingerprint density at radius 2 is 1.89 bits per heavy atom. The predicted octanol–water partition coefficient (Wildman–Crippen LogP) is 5.37. The van der Waals surface area contributed by atoms with Gasteiger partial charge in [-0.2, -0.15) is 0 Å². The van der Waals surface area contributed by atoms with Gasteiger partial charge in [-0.3, -0.25) is 9.69 Å². The van der Waals surface area contributed by atoms with Crippen LogP contribution in [0.15, 0.2) is 24.4 Å². The number of anilines is 1. The molecule has 1 aromatic carbocycles. The van der Waals surface area contributed by atoms with Crippen molar-refractivity contribution in [3.63, 3.8) is 0 Å². The summed E-state index contributed by atoms with van der Waals surface area (Å²) < 4.78 is 32.7. The molecule has 1 amide bonds. The zero-order valence-electron chi connectivity index (χ0n) is 21.1. The second-order valence-corrected chi connectivity index (χ2v) is 12.3. The van der Waals surface area contributed by atoms with E-state index in [2.05, 4.69) is 28.2 Å². The predicted molar refractivity (Wildman–Crippen MR) is 138 cm³/mol. The second-order valence-electron chi connectivity index (χ2n) is 11.9. The number of ether oxygens (including phenoxy) is 1. The number of alkyl halides is 2. The molecule has 2 N–H and O–H groups in total. The minimum atomic E-state index is -2.59. The van der Waals surface area contributed by atoms with Crippen molar-refractivity contribution in [1.29, 1.82) is 0 Å². The maximum atomic E-state index is 13.6. The van der Waals surface area contributed by atoms with Crippen LogP contribution < -0.4 is 5.32 Å². The first kappa shape index (κ1) is 25.4. The lowest BCUT2D eigenvalue weighted by Gasteiger charge is -2.43. The van der Waals surface area contributed by atoms with Crippen molar-refractivity contribution in [2.75, 3.05) is 31.6 Å². The monoisotopic (exact) mass is 533 g/mol. The Bertz CT molecular complexity index is 1210. The van der Waals surface area contributed by atoms with Crippen molar-refractivity contribution in [3.05, 3.63) is 35.0 Å². The lowest BCUT2D eigenvalue weighted by Crippen LogP contribution is -2.56. The number of pyridine rings is 1. The number of hydrogen-bond donors (Lipinski definition) is 2. The van der Waals surface area contributed by atoms with E-state index in [9.17, 15) is 18.7 Å². The van der Waals surface area contributed by atoms with Gasteiger partial charge in [0.05, 0.1) is 24.9 Å². The molecule has 1 spiro atoms. The number of piperidine rings is 1. The molecule has 0 bridgehead atoms. The number of carbonyl (C=O) groups is 1. The average Bonchev–Trinajstić information content (AvgIpc) is 3.49. The number of likely N-dealkylation sites (tertiary alicyclic amines) is 1. The fourth-order valence-electron chi connectivity index (χ4n) is 6.82. The molecule has 3 heterocycles. The van der Waals surface area contributed by atoms with Crippen LogP contribution in [0.25, 0.3) is 10.8 Å². The number of amides is 1. The van der Waals surface area contributed by atoms with E-state index in [-0.39, 0.29) is 35.6 Å². The number of hydrogen-bond acceptors (Lipinski definition) is 5. The average molecular weight is 534 g/mol. The van der Waals surface area contributed by atoms with Gasteiger partial charge in [0, 0.05) is 35.4 Å². The third-order valence-electron chi connectivity index (χ3n) is 9.62. The Morgan fingerprint density at radius 3 is 2.57 bits per heavy atom. The van der Waals surface area contributed by atoms with E-state index in [0.29, 0.717) is 49.2 Å². The van der Waals surface area contributed by atoms with Crippen molar-refractivity contribution in [2.24, 2.45) is 11.3 Å². The summed E-state index contributed by atoms with van der Waals surface area (Å²) in [6, 6.07) is 5.91. The molecule has 2 aliphatic carbocycles. The number of aliphatic hydroxyl groups excluding tert-OH is 1. The van der Waals surface area contributed by atoms with Crippen LogP contribution in [0.1, 0.15) is 63.4 Å². The number of carbonyl (C=O) groups excluding carboxylic acids is 1. The molecule has 9 heteroatoms. The van der Waals surface area contributed by atoms with Crippen LogP contribution in [-0.2, 0) is 9.53 Å². The number of rotatable bonds is 4. The molecule has 6 rings (SSSR count). The molecule has 3 atom stereocenters. The zero-order chi connectivity index (χ0) is 26.0. The van der Waals surface area contributed by atoms with Gasteiger partial charge in [-0.1, -0.05) is 11.6 Å². The molecule has 200 valence electrons. The maximum Gasteiger partial charge on any atom is 0.248 e. The summed E-state index contributed by atoms with van der Waals surface area (Å²) in [6.45, 7) is 4.73. The van der Waals surface area contributed by atoms with Gasteiger partial charge in [-0.05, 0) is 92.6 Å². The summed E-state index contributed by atoms with van der Waals surface area (Å²) >= 11 is 6.70. The third-order valence-corrected chi connectivity index (χ3v) is 9.94. The fraction of sp³-hybridized carbons (Fsp3) is 0.643. The molecular formula is C28H34ClF2N3O3. The van der Waals surface area contributed by atoms with E-state index in [1.54, 1.807) is 6.20 Å². The molecule has 1 aromatic heterocycles. The lowest BCUT2D eigenvalue weighted by molar-refractivity contribution is -0.119. The van der Waals surface area contributed by atoms with E-state index < -0.39 is 12.0 Å². The molecule has 0 radical (unpaired) electrons. The molecule has 4 fully saturated rings. The van der Waals surface area contributed by atoms with Crippen LogP contribution in [0.2, 0.25) is 5.02 Å². The van der Waals surface area contributed by atoms with Gasteiger partial charge >= 0.3 is 0 Å². The highest BCUT2D eigenvalue weighted by molar-refractivity contribution is 6.32. The molecule has 2 aromatic rings. The van der Waals surface area contributed by atoms with Crippen molar-refractivity contribution < 1.29 is 23.4 Å². The van der Waals surface area contributed by atoms with Crippen LogP contribution in [0, 0.1) is 11.3 Å². The Balaban J connectivity index is 1.13. The van der Waals surface area contributed by atoms with Gasteiger partial charge in [0.1, 0.15) is 5.82 Å². The van der Waals surface area contributed by atoms with Crippen LogP contribution in [0.3, 0.4) is 0 Å². The van der Waals surface area contributed by atoms with Gasteiger partial charge in [0.25, 0.3) is 0 Å². The van der Waals surface area contributed by atoms with Crippen LogP contribution in [-0.4, -0.2) is 64.8 Å². The van der Waals surface area contributed by atoms with Crippen molar-refractivity contribution >= 4 is 34.1 Å². The maximum absolute atomic E-state index is 13.6. The molecular weight excluding hydrogens is 500 g/mol. The molecule has 3 unspecified atom stereocenters. The van der Waals surface area contributed by atoms with Crippen LogP contribution in [0.4, 0.5) is 14.6 Å². The van der Waals surface area contributed by atoms with Gasteiger partial charge in [0.15, 0.2) is 0 Å². The zero-order valence-corrected chi connectivity index (χ0v) is 21.9. The van der Waals surface area contributed by atoms with Gasteiger partial charge in [0.2, 0.25) is 11.8 Å². The summed E-state index contributed by atoms with van der Waals surface area (Å²) in [5.41, 5.74) is 0.501. The first-order valence-electron chi connectivity index (χ1n) is 13.4. The number of nitrogens with one attached hydrogen (secondary N) is 1. The Kier molecular flexibility index (Phi) is 6.26. The fourth-order valence-corrected chi connectivity index (χ4v) is 7.15. The molecule has 2 saturated carbocycles. The Hall–Kier alpha value is -1.87. The smallest absolute Gasteiger partial charge is 0.248 e. The highest BCUT2D eigenvalue weighted by Crippen LogP contribution is 2.63. The number of aromatic nitrogens is 1. The second kappa shape index (κ2) is 9.11. The molecule has 2 saturated heterocycles. The van der Waals surface area contributed by atoms with Crippen LogP contribution >= 0.6 is 11.6 Å². The standard InChI is InChI=1S/C28H34ClF2N3O3/c1-26(16-37-15-23(26)35)34-8-2-17(3-9-34)20-10-18-12-24(32-14-19(18)11-22(20)29)33-25(36)21-13-27(21)4-6-28(30,31)7-5-27/h10-12,14,17,21,23,35H,2-9,13,15-16H2,1H3,(H,32,33,36). The SMILES string of the molecule is CC1(N2CCC(c3cc4cc(NC(=O)C5CC56CCC(F)(F)CC6)ncc4cc3Cl)CC2)COCC1O. The molecule has 37 heavy (non-hydrogen) atoms. The summed E-state index contributed by atoms with van der Waals surface area (Å²) in [4.78, 5) is 19.7. The third kappa shape index (κ3) is 4.64. The van der Waals surface area contributed by atoms with Crippen molar-refractivity contribution in [1.82, 2.24) is 9.88 Å². The highest BCUT2D eigenvalue weighted by atomic mass is 35.5. The Labute approximate surface area is 220 Å². The van der Waals surface area contributed by atoms with E-state index in [1.807, 2.05) is 12.1 Å². The first-order chi connectivity index (χ1) is 17.6. The van der Waals surface area contributed by atoms with E-state index in [0.717, 1.165) is 42.3 Å². The highest BCUT2D eigenvalue weighted by Gasteiger charge is 2.61. The normalized spacial score (nSPS) is 31.6. The van der Waals surface area contributed by atoms with Crippen molar-refractivity contribution in [2.45, 2.75) is 75.4 Å². The van der Waals surface area contributed by atoms with E-state index >= 15 is 0 Å². The number of halogens is 3. The number of nitrogens with zero attached hydrogens (tertiary/aromatic N) is 2. The van der Waals surface area contributed by atoms with E-state index in [4.69, 9.17) is 16.3 Å². The molecule has 6 nitrogen and oxygen atoms in total. The van der Waals surface area contributed by atoms with Gasteiger partial charge < -0.3 is 15.2 Å². The van der Waals surface area contributed by atoms with Crippen LogP contribution in [0.5, 0.6) is 0 Å². The number of aliphatic hydroxyl groups is 1. The summed E-state index contributed by atoms with van der Waals surface area (Å²) in [5.74, 6) is -2.14. The largest absolute Gasteiger partial charge is 0.389 e. The first-order valence-corrected chi connectivity index (χ1v) is 13.8. The summed E-state index contributed by atoms with van der Waals surface area (Å²) in [6.07, 6.45) is 4.37.